The molecule has 2 heterocycles. The van der Waals surface area contributed by atoms with Gasteiger partial charge in [0.05, 0.1) is 22.8 Å². The van der Waals surface area contributed by atoms with E-state index in [1.807, 2.05) is 12.3 Å². The van der Waals surface area contributed by atoms with Crippen LogP contribution in [0.4, 0.5) is 9.80 Å². The molecule has 2 amide bonds. The van der Waals surface area contributed by atoms with Crippen molar-refractivity contribution in [3.05, 3.63) is 33.1 Å². The molecule has 0 bridgehead atoms. The molecule has 0 fully saturated rings. The number of hydrogen-bond acceptors (Lipinski definition) is 5. The first kappa shape index (κ1) is 13.5. The molecule has 0 aromatic carbocycles. The number of amides is 2. The molecule has 3 N–H and O–H groups in total. The number of carbonyl (C=O) groups excluding carboxylic acids is 1. The number of hydrogen-bond donors (Lipinski definition) is 3. The van der Waals surface area contributed by atoms with Gasteiger partial charge in [-0.1, -0.05) is 0 Å². The smallest absolute Gasteiger partial charge is 0.338 e. The summed E-state index contributed by atoms with van der Waals surface area (Å²) in [4.78, 5) is 26.7. The van der Waals surface area contributed by atoms with Crippen molar-refractivity contribution in [2.45, 2.75) is 13.5 Å². The molecule has 0 saturated carbocycles. The average Bonchev–Trinajstić information content (AvgIpc) is 2.95. The summed E-state index contributed by atoms with van der Waals surface area (Å²) in [6.45, 7) is 2.20. The van der Waals surface area contributed by atoms with Crippen molar-refractivity contribution < 1.29 is 14.7 Å². The van der Waals surface area contributed by atoms with Crippen LogP contribution in [0.15, 0.2) is 16.8 Å². The summed E-state index contributed by atoms with van der Waals surface area (Å²) < 4.78 is 0. The van der Waals surface area contributed by atoms with Crippen LogP contribution < -0.4 is 10.6 Å². The molecule has 0 aliphatic carbocycles. The number of thiazole rings is 1. The minimum Gasteiger partial charge on any atom is -0.478 e. The van der Waals surface area contributed by atoms with E-state index in [0.717, 1.165) is 10.7 Å². The number of anilines is 1. The fourth-order valence-electron chi connectivity index (χ4n) is 1.38. The number of carbonyl (C=O) groups is 2. The lowest BCUT2D eigenvalue weighted by Gasteiger charge is -2.05. The first-order valence-corrected chi connectivity index (χ1v) is 7.09. The largest absolute Gasteiger partial charge is 0.478 e. The Bertz CT molecular complexity index is 606. The number of rotatable bonds is 4. The topological polar surface area (TPSA) is 91.3 Å². The van der Waals surface area contributed by atoms with Crippen LogP contribution in [0.1, 0.15) is 21.1 Å². The molecule has 8 heteroatoms. The monoisotopic (exact) mass is 297 g/mol. The van der Waals surface area contributed by atoms with Crippen LogP contribution in [-0.4, -0.2) is 22.1 Å². The number of urea groups is 1. The van der Waals surface area contributed by atoms with E-state index in [4.69, 9.17) is 5.11 Å². The van der Waals surface area contributed by atoms with Gasteiger partial charge >= 0.3 is 12.0 Å². The zero-order chi connectivity index (χ0) is 13.8. The highest BCUT2D eigenvalue weighted by molar-refractivity contribution is 7.14. The van der Waals surface area contributed by atoms with Crippen LogP contribution in [0.3, 0.4) is 0 Å². The van der Waals surface area contributed by atoms with Gasteiger partial charge in [0.15, 0.2) is 0 Å². The Kier molecular flexibility index (Phi) is 4.13. The highest BCUT2D eigenvalue weighted by Crippen LogP contribution is 2.22. The summed E-state index contributed by atoms with van der Waals surface area (Å²) in [5.74, 6) is -1.06. The fraction of sp³-hybridized carbons (Fsp3) is 0.182. The maximum absolute atomic E-state index is 11.6. The third-order valence-corrected chi connectivity index (χ3v) is 3.87. The van der Waals surface area contributed by atoms with Crippen LogP contribution in [-0.2, 0) is 6.54 Å². The number of nitrogens with one attached hydrogen (secondary N) is 2. The third-order valence-electron chi connectivity index (χ3n) is 2.22. The Balaban J connectivity index is 1.90. The van der Waals surface area contributed by atoms with E-state index in [0.29, 0.717) is 11.5 Å². The number of thiophene rings is 1. The normalized spacial score (nSPS) is 10.2. The molecule has 6 nitrogen and oxygen atoms in total. The molecule has 2 aromatic heterocycles. The van der Waals surface area contributed by atoms with Gasteiger partial charge in [-0.05, 0) is 18.4 Å². The predicted octanol–water partition coefficient (Wildman–Crippen LogP) is 2.53. The van der Waals surface area contributed by atoms with Gasteiger partial charge in [0.2, 0.25) is 0 Å². The van der Waals surface area contributed by atoms with Crippen LogP contribution in [0.25, 0.3) is 0 Å². The second kappa shape index (κ2) is 5.81. The van der Waals surface area contributed by atoms with Gasteiger partial charge < -0.3 is 10.4 Å². The standard InChI is InChI=1S/C11H11N3O3S2/c1-6-13-7(5-19-6)4-12-11(17)14-9-8(10(15)16)2-3-18-9/h2-3,5H,4H2,1H3,(H,15,16)(H2,12,14,17). The first-order chi connectivity index (χ1) is 9.06. The molecule has 0 saturated heterocycles. The van der Waals surface area contributed by atoms with Crippen LogP contribution >= 0.6 is 22.7 Å². The Morgan fingerprint density at radius 1 is 1.42 bits per heavy atom. The lowest BCUT2D eigenvalue weighted by atomic mass is 10.3. The second-order valence-electron chi connectivity index (χ2n) is 3.63. The molecule has 0 aliphatic rings. The molecule has 0 radical (unpaired) electrons. The predicted molar refractivity (Wildman–Crippen MR) is 74.0 cm³/mol. The molecule has 100 valence electrons. The van der Waals surface area contributed by atoms with Gasteiger partial charge in [0.25, 0.3) is 0 Å². The number of aryl methyl sites for hydroxylation is 1. The molecule has 0 unspecified atom stereocenters. The van der Waals surface area contributed by atoms with Crippen LogP contribution in [0.5, 0.6) is 0 Å². The minimum absolute atomic E-state index is 0.0876. The highest BCUT2D eigenvalue weighted by atomic mass is 32.1. The van der Waals surface area contributed by atoms with Crippen molar-refractivity contribution in [2.75, 3.05) is 5.32 Å². The number of carboxylic acids is 1. The SMILES string of the molecule is Cc1nc(CNC(=O)Nc2sccc2C(=O)O)cs1. The van der Waals surface area contributed by atoms with Crippen molar-refractivity contribution in [3.8, 4) is 0 Å². The van der Waals surface area contributed by atoms with Crippen molar-refractivity contribution in [2.24, 2.45) is 0 Å². The van der Waals surface area contributed by atoms with Gasteiger partial charge in [-0.15, -0.1) is 22.7 Å². The zero-order valence-corrected chi connectivity index (χ0v) is 11.6. The third kappa shape index (κ3) is 3.52. The second-order valence-corrected chi connectivity index (χ2v) is 5.61. The van der Waals surface area contributed by atoms with E-state index < -0.39 is 12.0 Å². The Morgan fingerprint density at radius 2 is 2.21 bits per heavy atom. The van der Waals surface area contributed by atoms with Crippen molar-refractivity contribution in [1.29, 1.82) is 0 Å². The summed E-state index contributed by atoms with van der Waals surface area (Å²) >= 11 is 2.67. The zero-order valence-electron chi connectivity index (χ0n) is 9.97. The molecule has 2 aromatic rings. The maximum Gasteiger partial charge on any atom is 0.338 e. The van der Waals surface area contributed by atoms with E-state index in [1.54, 1.807) is 5.38 Å². The van der Waals surface area contributed by atoms with E-state index in [1.165, 1.54) is 28.7 Å². The van der Waals surface area contributed by atoms with Gasteiger partial charge in [0.1, 0.15) is 5.00 Å². The van der Waals surface area contributed by atoms with Gasteiger partial charge in [-0.25, -0.2) is 14.6 Å². The number of carboxylic acid groups (broad SMARTS) is 1. The van der Waals surface area contributed by atoms with E-state index in [-0.39, 0.29) is 5.56 Å². The van der Waals surface area contributed by atoms with E-state index in [9.17, 15) is 9.59 Å². The summed E-state index contributed by atoms with van der Waals surface area (Å²) in [6, 6.07) is 1.00. The Labute approximate surface area is 117 Å². The van der Waals surface area contributed by atoms with Gasteiger partial charge in [-0.3, -0.25) is 5.32 Å². The van der Waals surface area contributed by atoms with Crippen molar-refractivity contribution >= 4 is 39.7 Å². The Morgan fingerprint density at radius 3 is 2.84 bits per heavy atom. The first-order valence-electron chi connectivity index (χ1n) is 5.33. The van der Waals surface area contributed by atoms with Gasteiger partial charge in [-0.2, -0.15) is 0 Å². The summed E-state index contributed by atoms with van der Waals surface area (Å²) in [6.07, 6.45) is 0. The molecule has 0 atom stereocenters. The van der Waals surface area contributed by atoms with Crippen molar-refractivity contribution in [3.63, 3.8) is 0 Å². The quantitative estimate of drug-likeness (QED) is 0.808. The number of aromatic nitrogens is 1. The van der Waals surface area contributed by atoms with Crippen LogP contribution in [0.2, 0.25) is 0 Å². The highest BCUT2D eigenvalue weighted by Gasteiger charge is 2.13. The fourth-order valence-corrected chi connectivity index (χ4v) is 2.77. The van der Waals surface area contributed by atoms with Gasteiger partial charge in [0, 0.05) is 5.38 Å². The summed E-state index contributed by atoms with van der Waals surface area (Å²) in [5.41, 5.74) is 0.868. The minimum atomic E-state index is -1.06. The molecular weight excluding hydrogens is 286 g/mol. The molecule has 19 heavy (non-hydrogen) atoms. The summed E-state index contributed by atoms with van der Waals surface area (Å²) in [7, 11) is 0. The molecule has 2 rings (SSSR count). The number of aromatic carboxylic acids is 1. The van der Waals surface area contributed by atoms with E-state index >= 15 is 0 Å². The number of nitrogens with zero attached hydrogens (tertiary/aromatic N) is 1. The lowest BCUT2D eigenvalue weighted by Crippen LogP contribution is -2.28. The maximum atomic E-state index is 11.6. The molecule has 0 aliphatic heterocycles. The van der Waals surface area contributed by atoms with Crippen molar-refractivity contribution in [1.82, 2.24) is 10.3 Å². The lowest BCUT2D eigenvalue weighted by molar-refractivity contribution is 0.0698. The van der Waals surface area contributed by atoms with Crippen LogP contribution in [0, 0.1) is 6.92 Å². The molecule has 0 spiro atoms. The Hall–Kier alpha value is -1.93. The van der Waals surface area contributed by atoms with E-state index in [2.05, 4.69) is 15.6 Å². The average molecular weight is 297 g/mol. The molecular formula is C11H11N3O3S2. The summed E-state index contributed by atoms with van der Waals surface area (Å²) in [5, 5.41) is 18.8.